The molecule has 8 heteroatoms. The number of rotatable bonds is 2. The molecule has 3 aliphatic heterocycles. The van der Waals surface area contributed by atoms with Crippen LogP contribution < -0.4 is 14.4 Å². The van der Waals surface area contributed by atoms with Crippen molar-refractivity contribution in [2.75, 3.05) is 18.2 Å². The number of nitrogens with zero attached hydrogens (tertiary/aromatic N) is 2. The Balaban J connectivity index is 1.39. The first-order chi connectivity index (χ1) is 17.1. The predicted octanol–water partition coefficient (Wildman–Crippen LogP) is 4.44. The number of fused-ring (bicyclic) bond motifs is 5. The zero-order valence-corrected chi connectivity index (χ0v) is 19.3. The SMILES string of the molecule is O=C1[C@H]2Cc3c([nH]c4ccccc34)[C@@H](c3ccc4c(c3)OCO4)N2C(=O)CN1c1ccc(Cl)cc1. The van der Waals surface area contributed by atoms with E-state index in [1.54, 1.807) is 34.1 Å². The third kappa shape index (κ3) is 3.04. The molecule has 35 heavy (non-hydrogen) atoms. The topological polar surface area (TPSA) is 74.9 Å². The molecule has 4 aromatic rings. The summed E-state index contributed by atoms with van der Waals surface area (Å²) in [5, 5.41) is 1.65. The number of benzene rings is 3. The monoisotopic (exact) mass is 485 g/mol. The molecule has 2 amide bonds. The molecule has 1 saturated heterocycles. The molecule has 3 aliphatic rings. The number of ether oxygens (including phenoxy) is 2. The lowest BCUT2D eigenvalue weighted by Crippen LogP contribution is -2.63. The van der Waals surface area contributed by atoms with Crippen LogP contribution in [0.25, 0.3) is 10.9 Å². The molecular formula is C27H20ClN3O4. The van der Waals surface area contributed by atoms with Gasteiger partial charge in [0, 0.05) is 33.7 Å². The molecule has 0 radical (unpaired) electrons. The van der Waals surface area contributed by atoms with Crippen LogP contribution in [0, 0.1) is 0 Å². The van der Waals surface area contributed by atoms with Gasteiger partial charge in [-0.05, 0) is 53.6 Å². The highest BCUT2D eigenvalue weighted by Crippen LogP contribution is 2.45. The van der Waals surface area contributed by atoms with Crippen LogP contribution in [0.4, 0.5) is 5.69 Å². The Morgan fingerprint density at radius 3 is 2.60 bits per heavy atom. The van der Waals surface area contributed by atoms with Gasteiger partial charge in [-0.15, -0.1) is 0 Å². The number of anilines is 1. The maximum absolute atomic E-state index is 13.9. The normalized spacial score (nSPS) is 20.8. The third-order valence-electron chi connectivity index (χ3n) is 7.11. The van der Waals surface area contributed by atoms with Gasteiger partial charge in [-0.1, -0.05) is 35.9 Å². The first-order valence-corrected chi connectivity index (χ1v) is 11.8. The summed E-state index contributed by atoms with van der Waals surface area (Å²) in [7, 11) is 0. The van der Waals surface area contributed by atoms with E-state index < -0.39 is 12.1 Å². The van der Waals surface area contributed by atoms with Gasteiger partial charge in [0.1, 0.15) is 12.6 Å². The number of nitrogens with one attached hydrogen (secondary N) is 1. The lowest BCUT2D eigenvalue weighted by atomic mass is 9.86. The second kappa shape index (κ2) is 7.52. The first-order valence-electron chi connectivity index (χ1n) is 11.5. The van der Waals surface area contributed by atoms with Gasteiger partial charge < -0.3 is 24.3 Å². The maximum Gasteiger partial charge on any atom is 0.250 e. The van der Waals surface area contributed by atoms with Crippen LogP contribution in [0.2, 0.25) is 5.02 Å². The number of amides is 2. The van der Waals surface area contributed by atoms with Crippen LogP contribution in [-0.4, -0.2) is 41.1 Å². The molecule has 174 valence electrons. The fourth-order valence-corrected chi connectivity index (χ4v) is 5.66. The second-order valence-electron chi connectivity index (χ2n) is 9.00. The van der Waals surface area contributed by atoms with Gasteiger partial charge >= 0.3 is 0 Å². The van der Waals surface area contributed by atoms with Gasteiger partial charge in [0.05, 0.1) is 6.04 Å². The molecule has 0 spiro atoms. The van der Waals surface area contributed by atoms with Crippen molar-refractivity contribution in [3.05, 3.63) is 88.6 Å². The first kappa shape index (κ1) is 20.4. The Morgan fingerprint density at radius 2 is 1.74 bits per heavy atom. The van der Waals surface area contributed by atoms with E-state index in [9.17, 15) is 9.59 Å². The van der Waals surface area contributed by atoms with Crippen molar-refractivity contribution < 1.29 is 19.1 Å². The molecule has 7 rings (SSSR count). The highest BCUT2D eigenvalue weighted by atomic mass is 35.5. The van der Waals surface area contributed by atoms with Crippen LogP contribution in [-0.2, 0) is 16.0 Å². The molecular weight excluding hydrogens is 466 g/mol. The second-order valence-corrected chi connectivity index (χ2v) is 9.44. The quantitative estimate of drug-likeness (QED) is 0.455. The lowest BCUT2D eigenvalue weighted by Gasteiger charge is -2.47. The summed E-state index contributed by atoms with van der Waals surface area (Å²) in [6, 6.07) is 19.7. The van der Waals surface area contributed by atoms with Gasteiger partial charge in [-0.3, -0.25) is 9.59 Å². The fraction of sp³-hybridized carbons (Fsp3) is 0.185. The van der Waals surface area contributed by atoms with Gasteiger partial charge in [-0.25, -0.2) is 0 Å². The summed E-state index contributed by atoms with van der Waals surface area (Å²) in [6.45, 7) is 0.133. The zero-order chi connectivity index (χ0) is 23.7. The summed E-state index contributed by atoms with van der Waals surface area (Å²) in [5.74, 6) is 1.10. The van der Waals surface area contributed by atoms with E-state index in [4.69, 9.17) is 21.1 Å². The summed E-state index contributed by atoms with van der Waals surface area (Å²) >= 11 is 6.05. The van der Waals surface area contributed by atoms with Crippen molar-refractivity contribution in [1.29, 1.82) is 0 Å². The van der Waals surface area contributed by atoms with Crippen LogP contribution in [0.15, 0.2) is 66.7 Å². The van der Waals surface area contributed by atoms with E-state index in [0.717, 1.165) is 27.7 Å². The minimum atomic E-state index is -0.631. The van der Waals surface area contributed by atoms with E-state index in [-0.39, 0.29) is 25.2 Å². The number of piperazine rings is 1. The molecule has 1 N–H and O–H groups in total. The van der Waals surface area contributed by atoms with Gasteiger partial charge in [-0.2, -0.15) is 0 Å². The Morgan fingerprint density at radius 1 is 0.943 bits per heavy atom. The van der Waals surface area contributed by atoms with Crippen molar-refractivity contribution in [2.24, 2.45) is 0 Å². The van der Waals surface area contributed by atoms with Crippen LogP contribution in [0.1, 0.15) is 22.9 Å². The minimum Gasteiger partial charge on any atom is -0.454 e. The Bertz CT molecular complexity index is 1510. The van der Waals surface area contributed by atoms with Crippen molar-refractivity contribution >= 4 is 40.0 Å². The number of hydrogen-bond acceptors (Lipinski definition) is 4. The molecule has 0 bridgehead atoms. The summed E-state index contributed by atoms with van der Waals surface area (Å²) in [6.07, 6.45) is 0.440. The van der Waals surface area contributed by atoms with E-state index in [0.29, 0.717) is 28.6 Å². The van der Waals surface area contributed by atoms with E-state index in [1.165, 1.54) is 0 Å². The molecule has 2 atom stereocenters. The lowest BCUT2D eigenvalue weighted by molar-refractivity contribution is -0.145. The van der Waals surface area contributed by atoms with Crippen molar-refractivity contribution in [2.45, 2.75) is 18.5 Å². The molecule has 1 fully saturated rings. The Hall–Kier alpha value is -3.97. The average molecular weight is 486 g/mol. The van der Waals surface area contributed by atoms with Crippen LogP contribution in [0.5, 0.6) is 11.5 Å². The number of hydrogen-bond donors (Lipinski definition) is 1. The number of carbonyl (C=O) groups is 2. The Kier molecular flexibility index (Phi) is 4.38. The fourth-order valence-electron chi connectivity index (χ4n) is 5.53. The van der Waals surface area contributed by atoms with E-state index in [1.807, 2.05) is 36.4 Å². The number of aromatic nitrogens is 1. The number of H-pyrrole nitrogens is 1. The third-order valence-corrected chi connectivity index (χ3v) is 7.37. The molecule has 0 aliphatic carbocycles. The van der Waals surface area contributed by atoms with Crippen LogP contribution >= 0.6 is 11.6 Å². The molecule has 1 aromatic heterocycles. The van der Waals surface area contributed by atoms with E-state index >= 15 is 0 Å². The summed E-state index contributed by atoms with van der Waals surface area (Å²) in [4.78, 5) is 34.4. The van der Waals surface area contributed by atoms with E-state index in [2.05, 4.69) is 11.1 Å². The molecule has 3 aromatic carbocycles. The molecule has 4 heterocycles. The number of halogens is 1. The Labute approximate surface area is 205 Å². The predicted molar refractivity (Wildman–Crippen MR) is 131 cm³/mol. The van der Waals surface area contributed by atoms with Crippen molar-refractivity contribution in [1.82, 2.24) is 9.88 Å². The standard InChI is InChI=1S/C27H20ClN3O4/c28-16-6-8-17(9-7-16)30-13-24(32)31-21(27(30)33)12-19-18-3-1-2-4-20(18)29-25(19)26(31)15-5-10-22-23(11-15)35-14-34-22/h1-11,21,26,29H,12-14H2/t21-,26-/m1/s1. The summed E-state index contributed by atoms with van der Waals surface area (Å²) < 4.78 is 11.1. The highest BCUT2D eigenvalue weighted by Gasteiger charge is 2.48. The summed E-state index contributed by atoms with van der Waals surface area (Å²) in [5.41, 5.74) is 4.51. The average Bonchev–Trinajstić information content (AvgIpc) is 3.49. The maximum atomic E-state index is 13.9. The molecule has 0 saturated carbocycles. The smallest absolute Gasteiger partial charge is 0.250 e. The van der Waals surface area contributed by atoms with Crippen molar-refractivity contribution in [3.63, 3.8) is 0 Å². The van der Waals surface area contributed by atoms with Gasteiger partial charge in [0.15, 0.2) is 11.5 Å². The van der Waals surface area contributed by atoms with Gasteiger partial charge in [0.25, 0.3) is 5.91 Å². The largest absolute Gasteiger partial charge is 0.454 e. The van der Waals surface area contributed by atoms with Crippen molar-refractivity contribution in [3.8, 4) is 11.5 Å². The molecule has 7 nitrogen and oxygen atoms in total. The number of para-hydroxylation sites is 1. The number of aromatic amines is 1. The highest BCUT2D eigenvalue weighted by molar-refractivity contribution is 6.30. The molecule has 0 unspecified atom stereocenters. The zero-order valence-electron chi connectivity index (χ0n) is 18.5. The minimum absolute atomic E-state index is 0.0341. The van der Waals surface area contributed by atoms with Gasteiger partial charge in [0.2, 0.25) is 12.7 Å². The van der Waals surface area contributed by atoms with Crippen LogP contribution in [0.3, 0.4) is 0 Å². The number of carbonyl (C=O) groups excluding carboxylic acids is 2.